The predicted octanol–water partition coefficient (Wildman–Crippen LogP) is 2.57. The average Bonchev–Trinajstić information content (AvgIpc) is 2.47. The minimum atomic E-state index is -0.385. The standard InChI is InChI=1S/C15H13N3O3/c1-9-7-15(19)21-12-8-10(5-6-11(9)12)20-14-4-2-3-13(17-14)18-16/h2-8H,16H2,1H3,(H,17,18). The Balaban J connectivity index is 1.99. The summed E-state index contributed by atoms with van der Waals surface area (Å²) in [5, 5.41) is 0.868. The minimum absolute atomic E-state index is 0.385. The molecule has 0 saturated carbocycles. The molecule has 0 aliphatic carbocycles. The summed E-state index contributed by atoms with van der Waals surface area (Å²) in [5.41, 5.74) is 3.40. The van der Waals surface area contributed by atoms with Gasteiger partial charge < -0.3 is 14.6 Å². The van der Waals surface area contributed by atoms with Crippen molar-refractivity contribution in [3.05, 3.63) is 58.4 Å². The zero-order valence-electron chi connectivity index (χ0n) is 11.3. The summed E-state index contributed by atoms with van der Waals surface area (Å²) in [4.78, 5) is 15.6. The Morgan fingerprint density at radius 1 is 1.24 bits per heavy atom. The maximum Gasteiger partial charge on any atom is 0.336 e. The summed E-state index contributed by atoms with van der Waals surface area (Å²) < 4.78 is 10.8. The molecule has 0 spiro atoms. The van der Waals surface area contributed by atoms with Gasteiger partial charge in [0.25, 0.3) is 0 Å². The topological polar surface area (TPSA) is 90.4 Å². The number of ether oxygens (including phenoxy) is 1. The van der Waals surface area contributed by atoms with Gasteiger partial charge in [0.2, 0.25) is 5.88 Å². The first kappa shape index (κ1) is 13.1. The SMILES string of the molecule is Cc1cc(=O)oc2cc(Oc3cccc(NN)n3)ccc12. The summed E-state index contributed by atoms with van der Waals surface area (Å²) in [6.45, 7) is 1.86. The number of fused-ring (bicyclic) bond motifs is 1. The smallest absolute Gasteiger partial charge is 0.336 e. The molecule has 21 heavy (non-hydrogen) atoms. The van der Waals surface area contributed by atoms with E-state index in [1.165, 1.54) is 6.07 Å². The summed E-state index contributed by atoms with van der Waals surface area (Å²) >= 11 is 0. The van der Waals surface area contributed by atoms with Gasteiger partial charge in [0, 0.05) is 23.6 Å². The number of hydrogen-bond donors (Lipinski definition) is 2. The summed E-state index contributed by atoms with van der Waals surface area (Å²) in [6.07, 6.45) is 0. The summed E-state index contributed by atoms with van der Waals surface area (Å²) in [7, 11) is 0. The van der Waals surface area contributed by atoms with E-state index in [1.54, 1.807) is 30.3 Å². The molecule has 0 fully saturated rings. The first-order valence-electron chi connectivity index (χ1n) is 6.32. The number of rotatable bonds is 3. The van der Waals surface area contributed by atoms with Gasteiger partial charge in [-0.3, -0.25) is 0 Å². The van der Waals surface area contributed by atoms with Crippen LogP contribution < -0.4 is 21.6 Å². The molecular weight excluding hydrogens is 270 g/mol. The third-order valence-electron chi connectivity index (χ3n) is 3.02. The molecule has 1 aromatic carbocycles. The van der Waals surface area contributed by atoms with E-state index >= 15 is 0 Å². The molecule has 0 unspecified atom stereocenters. The van der Waals surface area contributed by atoms with E-state index in [2.05, 4.69) is 10.4 Å². The van der Waals surface area contributed by atoms with Gasteiger partial charge in [-0.2, -0.15) is 4.98 Å². The van der Waals surface area contributed by atoms with Crippen LogP contribution in [0, 0.1) is 6.92 Å². The maximum absolute atomic E-state index is 11.4. The lowest BCUT2D eigenvalue weighted by Gasteiger charge is -2.07. The van der Waals surface area contributed by atoms with Crippen molar-refractivity contribution in [2.75, 3.05) is 5.43 Å². The van der Waals surface area contributed by atoms with Gasteiger partial charge in [0.1, 0.15) is 17.2 Å². The lowest BCUT2D eigenvalue weighted by molar-refractivity contribution is 0.462. The van der Waals surface area contributed by atoms with E-state index in [-0.39, 0.29) is 5.63 Å². The number of aryl methyl sites for hydroxylation is 1. The van der Waals surface area contributed by atoms with Crippen molar-refractivity contribution < 1.29 is 9.15 Å². The summed E-state index contributed by atoms with van der Waals surface area (Å²) in [5.74, 6) is 6.71. The first-order chi connectivity index (χ1) is 10.2. The Kier molecular flexibility index (Phi) is 3.29. The molecule has 0 bridgehead atoms. The Bertz CT molecular complexity index is 858. The lowest BCUT2D eigenvalue weighted by Crippen LogP contribution is -2.08. The molecule has 0 aliphatic heterocycles. The normalized spacial score (nSPS) is 10.6. The average molecular weight is 283 g/mol. The van der Waals surface area contributed by atoms with Crippen molar-refractivity contribution in [3.8, 4) is 11.6 Å². The molecule has 0 saturated heterocycles. The molecular formula is C15H13N3O3. The van der Waals surface area contributed by atoms with Crippen LogP contribution in [0.4, 0.5) is 5.82 Å². The third-order valence-corrected chi connectivity index (χ3v) is 3.02. The highest BCUT2D eigenvalue weighted by Crippen LogP contribution is 2.26. The highest BCUT2D eigenvalue weighted by molar-refractivity contribution is 5.81. The fourth-order valence-corrected chi connectivity index (χ4v) is 2.04. The van der Waals surface area contributed by atoms with E-state index < -0.39 is 0 Å². The maximum atomic E-state index is 11.4. The predicted molar refractivity (Wildman–Crippen MR) is 79.3 cm³/mol. The molecule has 3 N–H and O–H groups in total. The lowest BCUT2D eigenvalue weighted by atomic mass is 10.1. The summed E-state index contributed by atoms with van der Waals surface area (Å²) in [6, 6.07) is 11.9. The molecule has 3 aromatic rings. The van der Waals surface area contributed by atoms with Crippen LogP contribution in [-0.2, 0) is 0 Å². The Morgan fingerprint density at radius 3 is 2.90 bits per heavy atom. The number of nitrogens with two attached hydrogens (primary N) is 1. The Morgan fingerprint density at radius 2 is 2.10 bits per heavy atom. The quantitative estimate of drug-likeness (QED) is 0.436. The number of aromatic nitrogens is 1. The zero-order valence-corrected chi connectivity index (χ0v) is 11.3. The number of nitrogen functional groups attached to an aromatic ring is 1. The second-order valence-electron chi connectivity index (χ2n) is 4.51. The number of benzene rings is 1. The fourth-order valence-electron chi connectivity index (χ4n) is 2.04. The highest BCUT2D eigenvalue weighted by atomic mass is 16.5. The van der Waals surface area contributed by atoms with E-state index in [1.807, 2.05) is 13.0 Å². The van der Waals surface area contributed by atoms with Crippen molar-refractivity contribution in [3.63, 3.8) is 0 Å². The second kappa shape index (κ2) is 5.26. The number of hydrazine groups is 1. The zero-order chi connectivity index (χ0) is 14.8. The van der Waals surface area contributed by atoms with Gasteiger partial charge in [0.15, 0.2) is 0 Å². The van der Waals surface area contributed by atoms with Crippen molar-refractivity contribution in [1.82, 2.24) is 4.98 Å². The number of pyridine rings is 1. The van der Waals surface area contributed by atoms with Crippen molar-refractivity contribution in [2.24, 2.45) is 5.84 Å². The van der Waals surface area contributed by atoms with Gasteiger partial charge in [-0.05, 0) is 30.7 Å². The van der Waals surface area contributed by atoms with E-state index in [0.29, 0.717) is 23.0 Å². The van der Waals surface area contributed by atoms with Crippen LogP contribution in [0.5, 0.6) is 11.6 Å². The number of nitrogens with one attached hydrogen (secondary N) is 1. The van der Waals surface area contributed by atoms with Crippen LogP contribution in [0.3, 0.4) is 0 Å². The van der Waals surface area contributed by atoms with E-state index in [9.17, 15) is 4.79 Å². The molecule has 6 heteroatoms. The molecule has 0 atom stereocenters. The van der Waals surface area contributed by atoms with Crippen LogP contribution in [-0.4, -0.2) is 4.98 Å². The van der Waals surface area contributed by atoms with Gasteiger partial charge in [-0.25, -0.2) is 10.6 Å². The van der Waals surface area contributed by atoms with Crippen molar-refractivity contribution in [1.29, 1.82) is 0 Å². The number of anilines is 1. The van der Waals surface area contributed by atoms with E-state index in [0.717, 1.165) is 10.9 Å². The largest absolute Gasteiger partial charge is 0.439 e. The van der Waals surface area contributed by atoms with Crippen LogP contribution >= 0.6 is 0 Å². The van der Waals surface area contributed by atoms with Crippen LogP contribution in [0.15, 0.2) is 51.7 Å². The monoisotopic (exact) mass is 283 g/mol. The fraction of sp³-hybridized carbons (Fsp3) is 0.0667. The van der Waals surface area contributed by atoms with Crippen molar-refractivity contribution in [2.45, 2.75) is 6.92 Å². The highest BCUT2D eigenvalue weighted by Gasteiger charge is 2.06. The molecule has 6 nitrogen and oxygen atoms in total. The molecule has 0 radical (unpaired) electrons. The molecule has 2 heterocycles. The van der Waals surface area contributed by atoms with Crippen LogP contribution in [0.2, 0.25) is 0 Å². The molecule has 106 valence electrons. The van der Waals surface area contributed by atoms with Gasteiger partial charge >= 0.3 is 5.63 Å². The van der Waals surface area contributed by atoms with Gasteiger partial charge in [0.05, 0.1) is 0 Å². The third kappa shape index (κ3) is 2.70. The van der Waals surface area contributed by atoms with Crippen LogP contribution in [0.25, 0.3) is 11.0 Å². The number of nitrogens with zero attached hydrogens (tertiary/aromatic N) is 1. The Labute approximate surface area is 120 Å². The minimum Gasteiger partial charge on any atom is -0.439 e. The first-order valence-corrected chi connectivity index (χ1v) is 6.32. The molecule has 0 amide bonds. The van der Waals surface area contributed by atoms with Crippen molar-refractivity contribution >= 4 is 16.8 Å². The Hall–Kier alpha value is -2.86. The molecule has 3 rings (SSSR count). The van der Waals surface area contributed by atoms with Crippen LogP contribution in [0.1, 0.15) is 5.56 Å². The van der Waals surface area contributed by atoms with Gasteiger partial charge in [-0.1, -0.05) is 6.07 Å². The molecule has 0 aliphatic rings. The van der Waals surface area contributed by atoms with E-state index in [4.69, 9.17) is 15.0 Å². The molecule has 2 aromatic heterocycles. The van der Waals surface area contributed by atoms with Gasteiger partial charge in [-0.15, -0.1) is 0 Å². The number of hydrogen-bond acceptors (Lipinski definition) is 6. The second-order valence-corrected chi connectivity index (χ2v) is 4.51.